The Bertz CT molecular complexity index is 857. The van der Waals surface area contributed by atoms with Gasteiger partial charge in [-0.15, -0.1) is 0 Å². The van der Waals surface area contributed by atoms with E-state index in [-0.39, 0.29) is 10.3 Å². The van der Waals surface area contributed by atoms with E-state index >= 15 is 0 Å². The molecular formula is C13H10N4OS. The summed E-state index contributed by atoms with van der Waals surface area (Å²) in [7, 11) is 0. The van der Waals surface area contributed by atoms with E-state index in [0.717, 1.165) is 5.56 Å². The van der Waals surface area contributed by atoms with Crippen LogP contribution in [0.25, 0.3) is 23.3 Å². The first-order valence-electron chi connectivity index (χ1n) is 5.68. The highest BCUT2D eigenvalue weighted by molar-refractivity contribution is 7.71. The fourth-order valence-corrected chi connectivity index (χ4v) is 1.96. The number of hydrogen-bond donors (Lipinski definition) is 3. The van der Waals surface area contributed by atoms with Crippen LogP contribution in [0.5, 0.6) is 0 Å². The monoisotopic (exact) mass is 270 g/mol. The predicted molar refractivity (Wildman–Crippen MR) is 77.3 cm³/mol. The van der Waals surface area contributed by atoms with Crippen molar-refractivity contribution in [3.63, 3.8) is 0 Å². The first kappa shape index (κ1) is 11.6. The van der Waals surface area contributed by atoms with E-state index in [1.54, 1.807) is 0 Å². The van der Waals surface area contributed by atoms with Crippen molar-refractivity contribution in [2.75, 3.05) is 0 Å². The van der Waals surface area contributed by atoms with Crippen molar-refractivity contribution in [3.05, 3.63) is 56.8 Å². The predicted octanol–water partition coefficient (Wildman–Crippen LogP) is 2.48. The van der Waals surface area contributed by atoms with Gasteiger partial charge in [0.15, 0.2) is 10.4 Å². The standard InChI is InChI=1S/C13H10N4OS/c18-12-10-11(16-13(19)17-12)15-9(14-10)7-6-8-4-2-1-3-5-8/h1-7H,(H3,14,15,16,17,18,19). The zero-order chi connectivity index (χ0) is 13.2. The first-order chi connectivity index (χ1) is 9.22. The summed E-state index contributed by atoms with van der Waals surface area (Å²) in [6, 6.07) is 9.84. The lowest BCUT2D eigenvalue weighted by atomic mass is 10.2. The quantitative estimate of drug-likeness (QED) is 0.626. The second kappa shape index (κ2) is 4.66. The van der Waals surface area contributed by atoms with Gasteiger partial charge in [0.1, 0.15) is 11.3 Å². The topological polar surface area (TPSA) is 77.3 Å². The van der Waals surface area contributed by atoms with E-state index in [1.165, 1.54) is 0 Å². The Balaban J connectivity index is 2.03. The van der Waals surface area contributed by atoms with Gasteiger partial charge in [0.05, 0.1) is 0 Å². The largest absolute Gasteiger partial charge is 0.333 e. The van der Waals surface area contributed by atoms with Crippen LogP contribution in [0.15, 0.2) is 35.1 Å². The average Bonchev–Trinajstić information content (AvgIpc) is 2.81. The lowest BCUT2D eigenvalue weighted by Crippen LogP contribution is -2.07. The Morgan fingerprint density at radius 1 is 1.05 bits per heavy atom. The third-order valence-electron chi connectivity index (χ3n) is 2.64. The van der Waals surface area contributed by atoms with Gasteiger partial charge in [0, 0.05) is 0 Å². The average molecular weight is 270 g/mol. The van der Waals surface area contributed by atoms with Gasteiger partial charge in [-0.25, -0.2) is 4.98 Å². The summed E-state index contributed by atoms with van der Waals surface area (Å²) in [6.45, 7) is 0. The summed E-state index contributed by atoms with van der Waals surface area (Å²) < 4.78 is 0.266. The molecule has 19 heavy (non-hydrogen) atoms. The molecule has 0 bridgehead atoms. The maximum absolute atomic E-state index is 11.6. The van der Waals surface area contributed by atoms with E-state index < -0.39 is 0 Å². The molecule has 6 heteroatoms. The number of aromatic amines is 3. The molecule has 5 nitrogen and oxygen atoms in total. The van der Waals surface area contributed by atoms with Gasteiger partial charge in [-0.1, -0.05) is 36.4 Å². The third kappa shape index (κ3) is 2.38. The van der Waals surface area contributed by atoms with Crippen LogP contribution in [0.4, 0.5) is 0 Å². The van der Waals surface area contributed by atoms with Gasteiger partial charge >= 0.3 is 0 Å². The summed E-state index contributed by atoms with van der Waals surface area (Å²) in [5.74, 6) is 0.598. The number of benzene rings is 1. The zero-order valence-electron chi connectivity index (χ0n) is 9.81. The normalized spacial score (nSPS) is 11.4. The number of H-pyrrole nitrogens is 3. The number of nitrogens with one attached hydrogen (secondary N) is 3. The fraction of sp³-hybridized carbons (Fsp3) is 0. The number of imidazole rings is 1. The lowest BCUT2D eigenvalue weighted by molar-refractivity contribution is 1.12. The van der Waals surface area contributed by atoms with Gasteiger partial charge in [-0.3, -0.25) is 9.78 Å². The first-order valence-corrected chi connectivity index (χ1v) is 6.09. The molecule has 0 saturated carbocycles. The van der Waals surface area contributed by atoms with Gasteiger partial charge in [-0.2, -0.15) is 0 Å². The van der Waals surface area contributed by atoms with Crippen LogP contribution in [0.3, 0.4) is 0 Å². The van der Waals surface area contributed by atoms with E-state index in [9.17, 15) is 4.79 Å². The maximum Gasteiger partial charge on any atom is 0.277 e. The van der Waals surface area contributed by atoms with Gasteiger partial charge in [0.25, 0.3) is 5.56 Å². The Morgan fingerprint density at radius 2 is 1.84 bits per heavy atom. The molecule has 0 amide bonds. The molecule has 94 valence electrons. The summed E-state index contributed by atoms with van der Waals surface area (Å²) in [5.41, 5.74) is 1.64. The van der Waals surface area contributed by atoms with Gasteiger partial charge in [-0.05, 0) is 23.9 Å². The Labute approximate surface area is 113 Å². The summed E-state index contributed by atoms with van der Waals surface area (Å²) in [5, 5.41) is 0. The molecule has 0 aliphatic heterocycles. The van der Waals surface area contributed by atoms with Crippen molar-refractivity contribution in [1.29, 1.82) is 0 Å². The highest BCUT2D eigenvalue weighted by Gasteiger charge is 2.04. The van der Waals surface area contributed by atoms with Crippen molar-refractivity contribution in [1.82, 2.24) is 19.9 Å². The molecule has 0 fully saturated rings. The molecule has 1 aromatic carbocycles. The van der Waals surface area contributed by atoms with Gasteiger partial charge in [0.2, 0.25) is 0 Å². The van der Waals surface area contributed by atoms with E-state index in [0.29, 0.717) is 17.0 Å². The Morgan fingerprint density at radius 3 is 2.63 bits per heavy atom. The summed E-state index contributed by atoms with van der Waals surface area (Å²) >= 11 is 4.89. The van der Waals surface area contributed by atoms with Crippen LogP contribution in [-0.2, 0) is 0 Å². The maximum atomic E-state index is 11.6. The molecule has 0 aliphatic rings. The van der Waals surface area contributed by atoms with E-state index in [1.807, 2.05) is 42.5 Å². The molecule has 0 atom stereocenters. The molecule has 0 unspecified atom stereocenters. The molecule has 0 aliphatic carbocycles. The minimum absolute atomic E-state index is 0.266. The van der Waals surface area contributed by atoms with E-state index in [2.05, 4.69) is 19.9 Å². The molecule has 2 aromatic heterocycles. The van der Waals surface area contributed by atoms with Crippen LogP contribution < -0.4 is 5.56 Å². The molecule has 0 radical (unpaired) electrons. The lowest BCUT2D eigenvalue weighted by Gasteiger charge is -1.89. The highest BCUT2D eigenvalue weighted by Crippen LogP contribution is 2.08. The molecular weight excluding hydrogens is 260 g/mol. The van der Waals surface area contributed by atoms with Crippen LogP contribution in [-0.4, -0.2) is 19.9 Å². The Kier molecular flexibility index (Phi) is 2.85. The van der Waals surface area contributed by atoms with Crippen LogP contribution in [0.1, 0.15) is 11.4 Å². The van der Waals surface area contributed by atoms with Crippen molar-refractivity contribution >= 4 is 35.5 Å². The molecule has 0 saturated heterocycles. The molecule has 3 rings (SSSR count). The second-order valence-electron chi connectivity index (χ2n) is 4.00. The summed E-state index contributed by atoms with van der Waals surface area (Å²) in [4.78, 5) is 24.2. The van der Waals surface area contributed by atoms with Gasteiger partial charge < -0.3 is 9.97 Å². The van der Waals surface area contributed by atoms with E-state index in [4.69, 9.17) is 12.2 Å². The van der Waals surface area contributed by atoms with Crippen molar-refractivity contribution < 1.29 is 0 Å². The van der Waals surface area contributed by atoms with Crippen LogP contribution >= 0.6 is 12.2 Å². The zero-order valence-corrected chi connectivity index (χ0v) is 10.6. The fourth-order valence-electron chi connectivity index (χ4n) is 1.77. The minimum atomic E-state index is -0.273. The Hall–Kier alpha value is -2.47. The number of fused-ring (bicyclic) bond motifs is 1. The second-order valence-corrected chi connectivity index (χ2v) is 4.41. The number of hydrogen-bond acceptors (Lipinski definition) is 3. The van der Waals surface area contributed by atoms with Crippen LogP contribution in [0, 0.1) is 4.77 Å². The molecule has 3 aromatic rings. The van der Waals surface area contributed by atoms with Crippen molar-refractivity contribution in [2.24, 2.45) is 0 Å². The molecule has 0 spiro atoms. The van der Waals surface area contributed by atoms with Crippen LogP contribution in [0.2, 0.25) is 0 Å². The molecule has 2 heterocycles. The smallest absolute Gasteiger partial charge is 0.277 e. The SMILES string of the molecule is O=c1[nH]c(=S)[nH]c2nc(C=Cc3ccccc3)[nH]c12. The number of aromatic nitrogens is 4. The minimum Gasteiger partial charge on any atom is -0.333 e. The molecule has 3 N–H and O–H groups in total. The number of rotatable bonds is 2. The van der Waals surface area contributed by atoms with Crippen molar-refractivity contribution in [2.45, 2.75) is 0 Å². The third-order valence-corrected chi connectivity index (χ3v) is 2.85. The summed E-state index contributed by atoms with van der Waals surface area (Å²) in [6.07, 6.45) is 3.73. The number of nitrogens with zero attached hydrogens (tertiary/aromatic N) is 1. The highest BCUT2D eigenvalue weighted by atomic mass is 32.1. The van der Waals surface area contributed by atoms with Crippen molar-refractivity contribution in [3.8, 4) is 0 Å².